The highest BCUT2D eigenvalue weighted by atomic mass is 16.2. The number of aromatic nitrogens is 1. The SMILES string of the molecule is O=C(CCCN1C(=O)CCCC1=O)Nc1cccc2cccnc12. The number of piperidine rings is 1. The number of carbonyl (C=O) groups is 3. The van der Waals surface area contributed by atoms with Crippen LogP contribution in [-0.4, -0.2) is 34.2 Å². The number of rotatable bonds is 5. The molecule has 0 saturated carbocycles. The summed E-state index contributed by atoms with van der Waals surface area (Å²) in [6, 6.07) is 9.40. The normalized spacial score (nSPS) is 14.9. The first-order valence-electron chi connectivity index (χ1n) is 8.12. The fourth-order valence-corrected chi connectivity index (χ4v) is 2.86. The van der Waals surface area contributed by atoms with Gasteiger partial charge in [-0.2, -0.15) is 0 Å². The molecule has 1 aromatic heterocycles. The van der Waals surface area contributed by atoms with Crippen molar-refractivity contribution >= 4 is 34.3 Å². The minimum atomic E-state index is -0.148. The van der Waals surface area contributed by atoms with Gasteiger partial charge in [0.25, 0.3) is 0 Å². The first-order valence-corrected chi connectivity index (χ1v) is 8.12. The van der Waals surface area contributed by atoms with Gasteiger partial charge < -0.3 is 5.32 Å². The second-order valence-electron chi connectivity index (χ2n) is 5.83. The van der Waals surface area contributed by atoms with E-state index < -0.39 is 0 Å². The molecule has 2 aromatic rings. The number of para-hydroxylation sites is 1. The number of nitrogens with zero attached hydrogens (tertiary/aromatic N) is 2. The summed E-state index contributed by atoms with van der Waals surface area (Å²) >= 11 is 0. The van der Waals surface area contributed by atoms with Crippen LogP contribution in [0.5, 0.6) is 0 Å². The molecule has 1 aromatic carbocycles. The Bertz CT molecular complexity index is 767. The molecule has 1 fully saturated rings. The second-order valence-corrected chi connectivity index (χ2v) is 5.83. The van der Waals surface area contributed by atoms with Crippen molar-refractivity contribution in [2.75, 3.05) is 11.9 Å². The number of pyridine rings is 1. The monoisotopic (exact) mass is 325 g/mol. The van der Waals surface area contributed by atoms with Gasteiger partial charge in [-0.05, 0) is 25.0 Å². The molecular weight excluding hydrogens is 306 g/mol. The summed E-state index contributed by atoms with van der Waals surface area (Å²) < 4.78 is 0. The van der Waals surface area contributed by atoms with E-state index in [2.05, 4.69) is 10.3 Å². The zero-order valence-corrected chi connectivity index (χ0v) is 13.3. The Balaban J connectivity index is 1.56. The molecule has 1 aliphatic heterocycles. The first kappa shape index (κ1) is 16.1. The first-order chi connectivity index (χ1) is 11.6. The van der Waals surface area contributed by atoms with Crippen LogP contribution in [0.1, 0.15) is 32.1 Å². The summed E-state index contributed by atoms with van der Waals surface area (Å²) in [5.41, 5.74) is 1.41. The van der Waals surface area contributed by atoms with Crippen LogP contribution in [0.4, 0.5) is 5.69 Å². The van der Waals surface area contributed by atoms with Gasteiger partial charge in [0.15, 0.2) is 0 Å². The van der Waals surface area contributed by atoms with E-state index in [9.17, 15) is 14.4 Å². The summed E-state index contributed by atoms with van der Waals surface area (Å²) in [6.07, 6.45) is 3.86. The highest BCUT2D eigenvalue weighted by Crippen LogP contribution is 2.21. The molecule has 0 aliphatic carbocycles. The van der Waals surface area contributed by atoms with E-state index in [0.29, 0.717) is 37.9 Å². The Morgan fingerprint density at radius 2 is 1.88 bits per heavy atom. The number of hydrogen-bond donors (Lipinski definition) is 1. The van der Waals surface area contributed by atoms with Crippen molar-refractivity contribution in [1.29, 1.82) is 0 Å². The lowest BCUT2D eigenvalue weighted by Gasteiger charge is -2.24. The van der Waals surface area contributed by atoms with Crippen LogP contribution >= 0.6 is 0 Å². The maximum Gasteiger partial charge on any atom is 0.229 e. The number of carbonyl (C=O) groups excluding carboxylic acids is 3. The van der Waals surface area contributed by atoms with Gasteiger partial charge in [-0.1, -0.05) is 18.2 Å². The van der Waals surface area contributed by atoms with Crippen LogP contribution in [0.25, 0.3) is 10.9 Å². The maximum atomic E-state index is 12.1. The standard InChI is InChI=1S/C18H19N3O3/c22-15(8-4-12-21-16(23)9-2-10-17(21)24)20-14-7-1-5-13-6-3-11-19-18(13)14/h1,3,5-7,11H,2,4,8-10,12H2,(H,20,22). The van der Waals surface area contributed by atoms with Gasteiger partial charge in [-0.15, -0.1) is 0 Å². The minimum Gasteiger partial charge on any atom is -0.324 e. The quantitative estimate of drug-likeness (QED) is 0.857. The van der Waals surface area contributed by atoms with Crippen LogP contribution < -0.4 is 5.32 Å². The smallest absolute Gasteiger partial charge is 0.229 e. The average Bonchev–Trinajstić information content (AvgIpc) is 2.58. The lowest BCUT2D eigenvalue weighted by Crippen LogP contribution is -2.40. The highest BCUT2D eigenvalue weighted by Gasteiger charge is 2.25. The number of anilines is 1. The lowest BCUT2D eigenvalue weighted by atomic mass is 10.1. The number of amides is 3. The summed E-state index contributed by atoms with van der Waals surface area (Å²) in [4.78, 5) is 41.1. The molecule has 1 N–H and O–H groups in total. The summed E-state index contributed by atoms with van der Waals surface area (Å²) in [7, 11) is 0. The van der Waals surface area contributed by atoms with E-state index in [1.54, 1.807) is 6.20 Å². The molecule has 0 radical (unpaired) electrons. The number of benzene rings is 1. The van der Waals surface area contributed by atoms with Crippen molar-refractivity contribution in [2.24, 2.45) is 0 Å². The number of imide groups is 1. The molecule has 0 atom stereocenters. The van der Waals surface area contributed by atoms with Gasteiger partial charge in [0.2, 0.25) is 17.7 Å². The molecule has 1 saturated heterocycles. The van der Waals surface area contributed by atoms with Crippen molar-refractivity contribution < 1.29 is 14.4 Å². The van der Waals surface area contributed by atoms with Crippen LogP contribution in [0.3, 0.4) is 0 Å². The Labute approximate surface area is 139 Å². The number of likely N-dealkylation sites (tertiary alicyclic amines) is 1. The second kappa shape index (κ2) is 7.21. The van der Waals surface area contributed by atoms with E-state index in [-0.39, 0.29) is 24.1 Å². The van der Waals surface area contributed by atoms with Gasteiger partial charge in [0.05, 0.1) is 11.2 Å². The Hall–Kier alpha value is -2.76. The van der Waals surface area contributed by atoms with Gasteiger partial charge >= 0.3 is 0 Å². The molecule has 24 heavy (non-hydrogen) atoms. The van der Waals surface area contributed by atoms with Crippen molar-refractivity contribution in [3.63, 3.8) is 0 Å². The predicted octanol–water partition coefficient (Wildman–Crippen LogP) is 2.49. The summed E-state index contributed by atoms with van der Waals surface area (Å²) in [6.45, 7) is 0.304. The van der Waals surface area contributed by atoms with Gasteiger partial charge in [0.1, 0.15) is 0 Å². The molecule has 6 nitrogen and oxygen atoms in total. The Morgan fingerprint density at radius 1 is 1.12 bits per heavy atom. The van der Waals surface area contributed by atoms with Crippen molar-refractivity contribution in [3.8, 4) is 0 Å². The molecule has 0 bridgehead atoms. The largest absolute Gasteiger partial charge is 0.324 e. The third-order valence-corrected chi connectivity index (χ3v) is 4.08. The van der Waals surface area contributed by atoms with Crippen LogP contribution in [-0.2, 0) is 14.4 Å². The number of nitrogens with one attached hydrogen (secondary N) is 1. The van der Waals surface area contributed by atoms with Crippen molar-refractivity contribution in [2.45, 2.75) is 32.1 Å². The highest BCUT2D eigenvalue weighted by molar-refractivity contribution is 6.00. The average molecular weight is 325 g/mol. The molecule has 0 unspecified atom stereocenters. The van der Waals surface area contributed by atoms with E-state index >= 15 is 0 Å². The van der Waals surface area contributed by atoms with E-state index in [1.807, 2.05) is 30.3 Å². The predicted molar refractivity (Wildman–Crippen MR) is 90.2 cm³/mol. The molecule has 3 rings (SSSR count). The summed E-state index contributed by atoms with van der Waals surface area (Å²) in [5, 5.41) is 3.81. The van der Waals surface area contributed by atoms with Crippen LogP contribution in [0.15, 0.2) is 36.5 Å². The summed E-state index contributed by atoms with van der Waals surface area (Å²) in [5.74, 6) is -0.417. The van der Waals surface area contributed by atoms with Crippen LogP contribution in [0.2, 0.25) is 0 Å². The topological polar surface area (TPSA) is 79.4 Å². The van der Waals surface area contributed by atoms with Gasteiger partial charge in [-0.25, -0.2) is 0 Å². The fraction of sp³-hybridized carbons (Fsp3) is 0.333. The number of fused-ring (bicyclic) bond motifs is 1. The van der Waals surface area contributed by atoms with Crippen molar-refractivity contribution in [1.82, 2.24) is 9.88 Å². The van der Waals surface area contributed by atoms with Gasteiger partial charge in [0, 0.05) is 37.4 Å². The Kier molecular flexibility index (Phi) is 4.84. The number of hydrogen-bond acceptors (Lipinski definition) is 4. The zero-order chi connectivity index (χ0) is 16.9. The third-order valence-electron chi connectivity index (χ3n) is 4.08. The molecule has 1 aliphatic rings. The van der Waals surface area contributed by atoms with Crippen molar-refractivity contribution in [3.05, 3.63) is 36.5 Å². The van der Waals surface area contributed by atoms with Gasteiger partial charge in [-0.3, -0.25) is 24.3 Å². The lowest BCUT2D eigenvalue weighted by molar-refractivity contribution is -0.148. The minimum absolute atomic E-state index is 0.134. The van der Waals surface area contributed by atoms with Crippen LogP contribution in [0, 0.1) is 0 Å². The molecule has 2 heterocycles. The molecule has 0 spiro atoms. The Morgan fingerprint density at radius 3 is 2.67 bits per heavy atom. The van der Waals surface area contributed by atoms with E-state index in [4.69, 9.17) is 0 Å². The molecule has 3 amide bonds. The zero-order valence-electron chi connectivity index (χ0n) is 13.3. The molecular formula is C18H19N3O3. The van der Waals surface area contributed by atoms with E-state index in [0.717, 1.165) is 10.9 Å². The third kappa shape index (κ3) is 3.59. The fourth-order valence-electron chi connectivity index (χ4n) is 2.86. The molecule has 124 valence electrons. The maximum absolute atomic E-state index is 12.1. The van der Waals surface area contributed by atoms with E-state index in [1.165, 1.54) is 4.90 Å². The molecule has 6 heteroatoms.